The van der Waals surface area contributed by atoms with Crippen molar-refractivity contribution < 1.29 is 9.84 Å². The molecule has 0 bridgehead atoms. The molecule has 108 valence electrons. The molecular formula is C13H15Br2N3O2. The fourth-order valence-electron chi connectivity index (χ4n) is 1.78. The van der Waals surface area contributed by atoms with E-state index in [9.17, 15) is 0 Å². The molecule has 0 radical (unpaired) electrons. The van der Waals surface area contributed by atoms with E-state index < -0.39 is 0 Å². The largest absolute Gasteiger partial charge is 0.483 e. The molecule has 5 nitrogen and oxygen atoms in total. The normalized spacial score (nSPS) is 10.8. The second kappa shape index (κ2) is 7.19. The summed E-state index contributed by atoms with van der Waals surface area (Å²) in [6, 6.07) is 3.66. The van der Waals surface area contributed by atoms with Crippen molar-refractivity contribution in [3.63, 3.8) is 0 Å². The van der Waals surface area contributed by atoms with E-state index in [1.807, 2.05) is 16.8 Å². The molecule has 1 aromatic heterocycles. The average molecular weight is 405 g/mol. The Labute approximate surface area is 134 Å². The molecule has 7 heteroatoms. The topological polar surface area (TPSA) is 60.2 Å². The lowest BCUT2D eigenvalue weighted by Crippen LogP contribution is -2.09. The summed E-state index contributed by atoms with van der Waals surface area (Å²) in [5.41, 5.74) is 0.810. The van der Waals surface area contributed by atoms with Gasteiger partial charge in [-0.2, -0.15) is 5.10 Å². The van der Waals surface area contributed by atoms with Crippen molar-refractivity contribution in [2.75, 3.05) is 0 Å². The van der Waals surface area contributed by atoms with Crippen LogP contribution in [0.15, 0.2) is 27.4 Å². The summed E-state index contributed by atoms with van der Waals surface area (Å²) in [5.74, 6) is 1.48. The van der Waals surface area contributed by atoms with Crippen molar-refractivity contribution in [2.24, 2.45) is 0 Å². The fourth-order valence-corrected chi connectivity index (χ4v) is 3.29. The van der Waals surface area contributed by atoms with E-state index >= 15 is 0 Å². The second-order valence-electron chi connectivity index (χ2n) is 4.23. The van der Waals surface area contributed by atoms with Gasteiger partial charge in [0.15, 0.2) is 5.82 Å². The molecule has 1 heterocycles. The minimum atomic E-state index is -0.0116. The molecule has 0 unspecified atom stereocenters. The van der Waals surface area contributed by atoms with E-state index in [0.717, 1.165) is 33.3 Å². The number of benzene rings is 1. The Kier molecular flexibility index (Phi) is 5.56. The number of nitrogens with zero attached hydrogens (tertiary/aromatic N) is 3. The number of aromatic nitrogens is 3. The SMILES string of the molecule is CCCn1ncnc1COc1c(Br)cc(CO)cc1Br. The third-order valence-electron chi connectivity index (χ3n) is 2.72. The van der Waals surface area contributed by atoms with Gasteiger partial charge in [-0.3, -0.25) is 0 Å². The number of aliphatic hydroxyl groups is 1. The molecule has 0 atom stereocenters. The predicted octanol–water partition coefficient (Wildman–Crippen LogP) is 3.28. The molecule has 0 amide bonds. The number of hydrogen-bond donors (Lipinski definition) is 1. The van der Waals surface area contributed by atoms with Crippen LogP contribution in [0.3, 0.4) is 0 Å². The summed E-state index contributed by atoms with van der Waals surface area (Å²) in [4.78, 5) is 4.20. The molecule has 2 rings (SSSR count). The van der Waals surface area contributed by atoms with Crippen molar-refractivity contribution >= 4 is 31.9 Å². The third kappa shape index (κ3) is 3.59. The standard InChI is InChI=1S/C13H15Br2N3O2/c1-2-3-18-12(16-8-17-18)7-20-13-10(14)4-9(6-19)5-11(13)15/h4-5,8,19H,2-3,6-7H2,1H3. The zero-order valence-corrected chi connectivity index (χ0v) is 14.2. The van der Waals surface area contributed by atoms with E-state index in [0.29, 0.717) is 12.4 Å². The van der Waals surface area contributed by atoms with Crippen molar-refractivity contribution in [2.45, 2.75) is 33.1 Å². The van der Waals surface area contributed by atoms with Crippen LogP contribution >= 0.6 is 31.9 Å². The highest BCUT2D eigenvalue weighted by Gasteiger charge is 2.11. The van der Waals surface area contributed by atoms with Crippen LogP contribution in [-0.2, 0) is 19.8 Å². The van der Waals surface area contributed by atoms with Crippen molar-refractivity contribution in [3.8, 4) is 5.75 Å². The van der Waals surface area contributed by atoms with Crippen LogP contribution in [0, 0.1) is 0 Å². The molecule has 0 aliphatic rings. The number of hydrogen-bond acceptors (Lipinski definition) is 4. The van der Waals surface area contributed by atoms with Gasteiger partial charge in [-0.25, -0.2) is 9.67 Å². The minimum absolute atomic E-state index is 0.0116. The number of aliphatic hydroxyl groups excluding tert-OH is 1. The smallest absolute Gasteiger partial charge is 0.164 e. The molecule has 1 N–H and O–H groups in total. The Morgan fingerprint density at radius 2 is 2.00 bits per heavy atom. The first-order valence-electron chi connectivity index (χ1n) is 6.24. The molecule has 20 heavy (non-hydrogen) atoms. The highest BCUT2D eigenvalue weighted by Crippen LogP contribution is 2.35. The van der Waals surface area contributed by atoms with Crippen LogP contribution < -0.4 is 4.74 Å². The van der Waals surface area contributed by atoms with Crippen LogP contribution in [0.4, 0.5) is 0 Å². The summed E-state index contributed by atoms with van der Waals surface area (Å²) >= 11 is 6.89. The van der Waals surface area contributed by atoms with Gasteiger partial charge in [0.05, 0.1) is 15.6 Å². The zero-order chi connectivity index (χ0) is 14.5. The molecule has 0 saturated heterocycles. The summed E-state index contributed by atoms with van der Waals surface area (Å²) in [5, 5.41) is 13.3. The molecule has 1 aromatic carbocycles. The molecule has 0 aliphatic heterocycles. The van der Waals surface area contributed by atoms with Crippen molar-refractivity contribution in [1.29, 1.82) is 0 Å². The lowest BCUT2D eigenvalue weighted by Gasteiger charge is -2.12. The number of rotatable bonds is 6. The molecular weight excluding hydrogens is 390 g/mol. The first kappa shape index (κ1) is 15.5. The van der Waals surface area contributed by atoms with E-state index in [1.165, 1.54) is 6.33 Å². The zero-order valence-electron chi connectivity index (χ0n) is 11.0. The van der Waals surface area contributed by atoms with Gasteiger partial charge in [0.1, 0.15) is 18.7 Å². The summed E-state index contributed by atoms with van der Waals surface area (Å²) in [6.45, 7) is 3.25. The molecule has 0 spiro atoms. The maximum absolute atomic E-state index is 9.15. The Morgan fingerprint density at radius 1 is 1.30 bits per heavy atom. The van der Waals surface area contributed by atoms with E-state index in [-0.39, 0.29) is 6.61 Å². The summed E-state index contributed by atoms with van der Waals surface area (Å²) < 4.78 is 9.22. The van der Waals surface area contributed by atoms with Crippen LogP contribution in [0.25, 0.3) is 0 Å². The monoisotopic (exact) mass is 403 g/mol. The Hall–Kier alpha value is -0.920. The first-order chi connectivity index (χ1) is 9.65. The van der Waals surface area contributed by atoms with Gasteiger partial charge in [0.2, 0.25) is 0 Å². The maximum atomic E-state index is 9.15. The van der Waals surface area contributed by atoms with E-state index in [4.69, 9.17) is 9.84 Å². The van der Waals surface area contributed by atoms with E-state index in [2.05, 4.69) is 48.9 Å². The van der Waals surface area contributed by atoms with Gasteiger partial charge in [-0.15, -0.1) is 0 Å². The predicted molar refractivity (Wildman–Crippen MR) is 82.4 cm³/mol. The van der Waals surface area contributed by atoms with Crippen molar-refractivity contribution in [1.82, 2.24) is 14.8 Å². The average Bonchev–Trinajstić information content (AvgIpc) is 2.85. The van der Waals surface area contributed by atoms with E-state index in [1.54, 1.807) is 0 Å². The summed E-state index contributed by atoms with van der Waals surface area (Å²) in [6.07, 6.45) is 2.53. The lowest BCUT2D eigenvalue weighted by molar-refractivity contribution is 0.276. The molecule has 2 aromatic rings. The van der Waals surface area contributed by atoms with Crippen LogP contribution in [0.2, 0.25) is 0 Å². The molecule has 0 aliphatic carbocycles. The maximum Gasteiger partial charge on any atom is 0.164 e. The van der Waals surface area contributed by atoms with Crippen LogP contribution in [0.1, 0.15) is 24.7 Å². The Bertz CT molecular complexity index is 564. The number of ether oxygens (including phenoxy) is 1. The first-order valence-corrected chi connectivity index (χ1v) is 7.82. The molecule has 0 fully saturated rings. The van der Waals surface area contributed by atoms with Gasteiger partial charge in [0, 0.05) is 6.54 Å². The second-order valence-corrected chi connectivity index (χ2v) is 5.94. The van der Waals surface area contributed by atoms with Crippen LogP contribution in [0.5, 0.6) is 5.75 Å². The summed E-state index contributed by atoms with van der Waals surface area (Å²) in [7, 11) is 0. The van der Waals surface area contributed by atoms with Gasteiger partial charge >= 0.3 is 0 Å². The number of halogens is 2. The lowest BCUT2D eigenvalue weighted by atomic mass is 10.2. The Morgan fingerprint density at radius 3 is 2.60 bits per heavy atom. The molecule has 0 saturated carbocycles. The van der Waals surface area contributed by atoms with Gasteiger partial charge in [0.25, 0.3) is 0 Å². The van der Waals surface area contributed by atoms with Gasteiger partial charge < -0.3 is 9.84 Å². The van der Waals surface area contributed by atoms with Crippen LogP contribution in [-0.4, -0.2) is 19.9 Å². The minimum Gasteiger partial charge on any atom is -0.483 e. The van der Waals surface area contributed by atoms with Gasteiger partial charge in [-0.1, -0.05) is 6.92 Å². The third-order valence-corrected chi connectivity index (χ3v) is 3.90. The quantitative estimate of drug-likeness (QED) is 0.802. The fraction of sp³-hybridized carbons (Fsp3) is 0.385. The Balaban J connectivity index is 2.13. The highest BCUT2D eigenvalue weighted by molar-refractivity contribution is 9.11. The van der Waals surface area contributed by atoms with Gasteiger partial charge in [-0.05, 0) is 56.0 Å². The number of aryl methyl sites for hydroxylation is 1. The highest BCUT2D eigenvalue weighted by atomic mass is 79.9. The van der Waals surface area contributed by atoms with Crippen molar-refractivity contribution in [3.05, 3.63) is 38.8 Å².